The number of nitrogens with one attached hydrogen (secondary N) is 1. The lowest BCUT2D eigenvalue weighted by Crippen LogP contribution is -2.55. The first-order valence-electron chi connectivity index (χ1n) is 10.9. The largest absolute Gasteiger partial charge is 0.456 e. The van der Waals surface area contributed by atoms with E-state index in [1.165, 1.54) is 54.6 Å². The van der Waals surface area contributed by atoms with Crippen LogP contribution < -0.4 is 27.3 Å². The fourth-order valence-corrected chi connectivity index (χ4v) is 5.27. The van der Waals surface area contributed by atoms with Crippen molar-refractivity contribution in [2.75, 3.05) is 0 Å². The van der Waals surface area contributed by atoms with Gasteiger partial charge in [0, 0.05) is 21.7 Å². The van der Waals surface area contributed by atoms with Crippen LogP contribution in [-0.2, 0) is 0 Å². The van der Waals surface area contributed by atoms with E-state index in [4.69, 9.17) is 4.42 Å². The number of H-pyrrole nitrogens is 1. The normalized spacial score (nSPS) is 11.9. The molecule has 31 heavy (non-hydrogen) atoms. The summed E-state index contributed by atoms with van der Waals surface area (Å²) in [4.78, 5) is 3.68. The molecule has 2 aromatic heterocycles. The van der Waals surface area contributed by atoms with Crippen molar-refractivity contribution in [3.8, 4) is 11.1 Å². The molecule has 0 aliphatic carbocycles. The topological polar surface area (TPSA) is 28.9 Å². The lowest BCUT2D eigenvalue weighted by molar-refractivity contribution is 0.669. The van der Waals surface area contributed by atoms with Gasteiger partial charge in [0.2, 0.25) is 0 Å². The van der Waals surface area contributed by atoms with Gasteiger partial charge in [-0.15, -0.1) is 16.4 Å². The van der Waals surface area contributed by atoms with Gasteiger partial charge < -0.3 is 9.40 Å². The van der Waals surface area contributed by atoms with Crippen LogP contribution in [0, 0.1) is 0 Å². The molecule has 0 bridgehead atoms. The second-order valence-corrected chi connectivity index (χ2v) is 8.84. The molecule has 2 heterocycles. The molecule has 4 aromatic carbocycles. The van der Waals surface area contributed by atoms with Gasteiger partial charge in [-0.2, -0.15) is 0 Å². The predicted molar refractivity (Wildman–Crippen MR) is 149 cm³/mol. The molecule has 2 nitrogen and oxygen atoms in total. The smallest absolute Gasteiger partial charge is 0.139 e. The predicted octanol–water partition coefficient (Wildman–Crippen LogP) is -1.82. The van der Waals surface area contributed by atoms with Crippen LogP contribution in [0.3, 0.4) is 0 Å². The molecule has 6 aromatic rings. The molecule has 0 aliphatic rings. The van der Waals surface area contributed by atoms with Crippen molar-refractivity contribution < 1.29 is 4.42 Å². The number of hydrogen-bond donors (Lipinski definition) is 1. The lowest BCUT2D eigenvalue weighted by atomic mass is 9.59. The summed E-state index contributed by atoms with van der Waals surface area (Å²) >= 11 is 0. The molecule has 7 heteroatoms. The third-order valence-electron chi connectivity index (χ3n) is 7.40. The Morgan fingerprint density at radius 2 is 1.32 bits per heavy atom. The molecule has 0 aliphatic heterocycles. The van der Waals surface area contributed by atoms with E-state index in [0.29, 0.717) is 0 Å². The fourth-order valence-electron chi connectivity index (χ4n) is 5.27. The van der Waals surface area contributed by atoms with Gasteiger partial charge in [-0.25, -0.2) is 0 Å². The third kappa shape index (κ3) is 2.46. The summed E-state index contributed by atoms with van der Waals surface area (Å²) < 4.78 is 6.10. The molecular weight excluding hydrogens is 372 g/mol. The molecular formula is C24H20B5NO. The van der Waals surface area contributed by atoms with Crippen molar-refractivity contribution in [3.05, 3.63) is 54.6 Å². The summed E-state index contributed by atoms with van der Waals surface area (Å²) in [6, 6.07) is 19.4. The highest BCUT2D eigenvalue weighted by atomic mass is 16.3. The van der Waals surface area contributed by atoms with Crippen molar-refractivity contribution in [3.63, 3.8) is 0 Å². The number of hydrogen-bond acceptors (Lipinski definition) is 1. The summed E-state index contributed by atoms with van der Waals surface area (Å²) in [5, 5.41) is 4.83. The minimum absolute atomic E-state index is 0.928. The number of aromatic nitrogens is 1. The Balaban J connectivity index is 1.69. The second-order valence-electron chi connectivity index (χ2n) is 8.84. The van der Waals surface area contributed by atoms with E-state index in [1.807, 2.05) is 12.1 Å². The zero-order chi connectivity index (χ0) is 21.4. The maximum atomic E-state index is 6.10. The van der Waals surface area contributed by atoms with Crippen molar-refractivity contribution in [2.24, 2.45) is 0 Å². The molecule has 1 N–H and O–H groups in total. The van der Waals surface area contributed by atoms with Crippen LogP contribution in [0.5, 0.6) is 0 Å². The summed E-state index contributed by atoms with van der Waals surface area (Å²) in [5.74, 6) is 0. The highest BCUT2D eigenvalue weighted by Crippen LogP contribution is 2.37. The van der Waals surface area contributed by atoms with Gasteiger partial charge in [-0.05, 0) is 41.5 Å². The Morgan fingerprint density at radius 1 is 0.613 bits per heavy atom. The second kappa shape index (κ2) is 6.40. The van der Waals surface area contributed by atoms with Crippen LogP contribution in [0.15, 0.2) is 59.0 Å². The van der Waals surface area contributed by atoms with Gasteiger partial charge in [0.1, 0.15) is 50.4 Å². The van der Waals surface area contributed by atoms with E-state index in [-0.39, 0.29) is 0 Å². The van der Waals surface area contributed by atoms with Crippen LogP contribution >= 0.6 is 0 Å². The minimum Gasteiger partial charge on any atom is -0.456 e. The van der Waals surface area contributed by atoms with Gasteiger partial charge in [0.05, 0.1) is 10.9 Å². The Kier molecular flexibility index (Phi) is 3.83. The molecule has 142 valence electrons. The first-order valence-corrected chi connectivity index (χ1v) is 10.9. The van der Waals surface area contributed by atoms with E-state index in [0.717, 1.165) is 27.6 Å². The molecule has 0 saturated carbocycles. The summed E-state index contributed by atoms with van der Waals surface area (Å²) in [5.41, 5.74) is 13.8. The third-order valence-corrected chi connectivity index (χ3v) is 7.40. The Bertz CT molecular complexity index is 1670. The lowest BCUT2D eigenvalue weighted by Gasteiger charge is -2.20. The quantitative estimate of drug-likeness (QED) is 0.328. The molecule has 6 rings (SSSR count). The Hall–Kier alpha value is -3.20. The highest BCUT2D eigenvalue weighted by molar-refractivity contribution is 6.68. The number of rotatable bonds is 1. The van der Waals surface area contributed by atoms with Crippen LogP contribution in [0.2, 0.25) is 0 Å². The first kappa shape index (κ1) is 18.6. The number of benzene rings is 4. The van der Waals surface area contributed by atoms with Crippen LogP contribution in [0.4, 0.5) is 0 Å². The standard InChI is InChI=1S/C24H20B5NO/c25-19-17(20(26)22(28)23(29)21(19)27)10-5-7-14-13(9-10)11-6-8-16-18(24(11)30-14)12-3-1-2-4-15(12)31-16/h1-9,30H,25-29H2. The van der Waals surface area contributed by atoms with Crippen LogP contribution in [-0.4, -0.2) is 44.2 Å². The van der Waals surface area contributed by atoms with Gasteiger partial charge in [0.15, 0.2) is 0 Å². The fraction of sp³-hybridized carbons (Fsp3) is 0. The average Bonchev–Trinajstić information content (AvgIpc) is 3.34. The summed E-state index contributed by atoms with van der Waals surface area (Å²) in [6.07, 6.45) is 0. The average molecular weight is 392 g/mol. The summed E-state index contributed by atoms with van der Waals surface area (Å²) in [7, 11) is 11.2. The van der Waals surface area contributed by atoms with Crippen molar-refractivity contribution in [2.45, 2.75) is 0 Å². The minimum atomic E-state index is 0.928. The zero-order valence-corrected chi connectivity index (χ0v) is 18.6. The molecule has 0 saturated heterocycles. The monoisotopic (exact) mass is 393 g/mol. The maximum absolute atomic E-state index is 6.10. The van der Waals surface area contributed by atoms with Crippen molar-refractivity contribution >= 4 is 110 Å². The van der Waals surface area contributed by atoms with E-state index in [2.05, 4.69) is 86.7 Å². The molecule has 0 amide bonds. The van der Waals surface area contributed by atoms with Crippen molar-refractivity contribution in [1.82, 2.24) is 4.98 Å². The van der Waals surface area contributed by atoms with E-state index in [1.54, 1.807) is 0 Å². The van der Waals surface area contributed by atoms with Gasteiger partial charge in [0.25, 0.3) is 0 Å². The highest BCUT2D eigenvalue weighted by Gasteiger charge is 2.16. The van der Waals surface area contributed by atoms with Gasteiger partial charge >= 0.3 is 0 Å². The molecule has 0 fully saturated rings. The van der Waals surface area contributed by atoms with E-state index in [9.17, 15) is 0 Å². The number of furan rings is 1. The van der Waals surface area contributed by atoms with Gasteiger partial charge in [-0.3, -0.25) is 0 Å². The molecule has 0 atom stereocenters. The number of aromatic amines is 1. The molecule has 0 radical (unpaired) electrons. The Morgan fingerprint density at radius 3 is 2.10 bits per heavy atom. The maximum Gasteiger partial charge on any atom is 0.139 e. The van der Waals surface area contributed by atoms with E-state index < -0.39 is 0 Å². The first-order chi connectivity index (χ1) is 15.0. The molecule has 0 spiro atoms. The zero-order valence-electron chi connectivity index (χ0n) is 18.6. The van der Waals surface area contributed by atoms with E-state index >= 15 is 0 Å². The van der Waals surface area contributed by atoms with Crippen LogP contribution in [0.25, 0.3) is 54.9 Å². The number of fused-ring (bicyclic) bond motifs is 7. The summed E-state index contributed by atoms with van der Waals surface area (Å²) in [6.45, 7) is 0. The Labute approximate surface area is 185 Å². The molecule has 0 unspecified atom stereocenters. The number of para-hydroxylation sites is 1. The SMILES string of the molecule is Bc1c(B)c(B)c(-c2ccc3[nH]c4c(ccc5oc6ccccc6c54)c3c2)c(B)c1B. The van der Waals surface area contributed by atoms with Crippen molar-refractivity contribution in [1.29, 1.82) is 0 Å². The van der Waals surface area contributed by atoms with Gasteiger partial charge in [-0.1, -0.05) is 35.2 Å². The van der Waals surface area contributed by atoms with Crippen LogP contribution in [0.1, 0.15) is 0 Å².